The van der Waals surface area contributed by atoms with Crippen LogP contribution in [0.5, 0.6) is 0 Å². The van der Waals surface area contributed by atoms with Crippen molar-refractivity contribution in [2.24, 2.45) is 0 Å². The quantitative estimate of drug-likeness (QED) is 0.518. The van der Waals surface area contributed by atoms with Crippen molar-refractivity contribution in [3.8, 4) is 11.1 Å². The first-order chi connectivity index (χ1) is 15.0. The van der Waals surface area contributed by atoms with E-state index in [1.807, 2.05) is 60.7 Å². The Morgan fingerprint density at radius 2 is 1.60 bits per heavy atom. The van der Waals surface area contributed by atoms with Gasteiger partial charge in [0.15, 0.2) is 0 Å². The molecule has 0 bridgehead atoms. The summed E-state index contributed by atoms with van der Waals surface area (Å²) in [7, 11) is 0. The Labute approximate surface area is 175 Å². The minimum absolute atomic E-state index is 0.330. The highest BCUT2D eigenvalue weighted by atomic mass is 16.5. The molecule has 2 aliphatic rings. The van der Waals surface area contributed by atoms with Crippen molar-refractivity contribution >= 4 is 11.9 Å². The number of benzene rings is 3. The van der Waals surface area contributed by atoms with Crippen LogP contribution < -0.4 is 5.32 Å². The second-order valence-electron chi connectivity index (χ2n) is 7.58. The molecule has 5 heteroatoms. The monoisotopic (exact) mass is 400 g/mol. The van der Waals surface area contributed by atoms with Crippen molar-refractivity contribution in [2.75, 3.05) is 13.1 Å². The van der Waals surface area contributed by atoms with Crippen molar-refractivity contribution in [1.82, 2.24) is 5.32 Å². The molecule has 0 amide bonds. The van der Waals surface area contributed by atoms with Crippen LogP contribution in [-0.2, 0) is 26.3 Å². The number of esters is 1. The average molecular weight is 400 g/mol. The molecule has 2 unspecified atom stereocenters. The summed E-state index contributed by atoms with van der Waals surface area (Å²) in [5.41, 5.74) is 2.95. The molecule has 5 rings (SSSR count). The second kappa shape index (κ2) is 7.11. The summed E-state index contributed by atoms with van der Waals surface area (Å²) in [5.74, 6) is -2.78. The first-order valence-corrected chi connectivity index (χ1v) is 9.92. The summed E-state index contributed by atoms with van der Waals surface area (Å²) >= 11 is 0. The molecule has 1 heterocycles. The maximum Gasteiger partial charge on any atom is 0.342 e. The Morgan fingerprint density at radius 1 is 1.00 bits per heavy atom. The Morgan fingerprint density at radius 3 is 2.27 bits per heavy atom. The normalized spacial score (nSPS) is 21.0. The lowest BCUT2D eigenvalue weighted by atomic mass is 9.82. The van der Waals surface area contributed by atoms with Gasteiger partial charge in [-0.3, -0.25) is 5.32 Å². The van der Waals surface area contributed by atoms with Gasteiger partial charge in [0.2, 0.25) is 5.54 Å². The summed E-state index contributed by atoms with van der Waals surface area (Å²) in [6, 6.07) is 22.5. The third-order valence-electron chi connectivity index (χ3n) is 6.03. The molecule has 150 valence electrons. The summed E-state index contributed by atoms with van der Waals surface area (Å²) in [4.78, 5) is 25.7. The van der Waals surface area contributed by atoms with Crippen LogP contribution in [0.25, 0.3) is 11.1 Å². The number of carboxylic acid groups (broad SMARTS) is 1. The van der Waals surface area contributed by atoms with Crippen LogP contribution in [0.1, 0.15) is 29.5 Å². The number of ether oxygens (including phenoxy) is 1. The predicted octanol–water partition coefficient (Wildman–Crippen LogP) is 3.47. The van der Waals surface area contributed by atoms with E-state index >= 15 is 0 Å². The van der Waals surface area contributed by atoms with Gasteiger partial charge in [0.05, 0.1) is 1.37 Å². The first kappa shape index (κ1) is 17.4. The second-order valence-corrected chi connectivity index (χ2v) is 7.58. The summed E-state index contributed by atoms with van der Waals surface area (Å²) in [6.07, 6.45) is 0.617. The van der Waals surface area contributed by atoms with E-state index in [-0.39, 0.29) is 0 Å². The van der Waals surface area contributed by atoms with Gasteiger partial charge in [0, 0.05) is 12.5 Å². The molecule has 0 aromatic heterocycles. The van der Waals surface area contributed by atoms with Gasteiger partial charge in [-0.25, -0.2) is 9.59 Å². The molecule has 0 radical (unpaired) electrons. The lowest BCUT2D eigenvalue weighted by molar-refractivity contribution is -0.164. The molecule has 0 fully saturated rings. The van der Waals surface area contributed by atoms with E-state index in [9.17, 15) is 14.7 Å². The number of fused-ring (bicyclic) bond motifs is 4. The van der Waals surface area contributed by atoms with Crippen LogP contribution in [0.3, 0.4) is 0 Å². The summed E-state index contributed by atoms with van der Waals surface area (Å²) in [5, 5.41) is 12.9. The standard InChI is InChI=1S/C25H21NO4/c27-23(28)25(22-12-6-1-7-16(22)13-14-26-25)24(29)30-15-21-19-10-4-2-8-17(19)18-9-3-5-11-20(18)21/h1-12,21,26H,13-15H2,(H,27,28)/i15D. The lowest BCUT2D eigenvalue weighted by Crippen LogP contribution is -2.59. The number of hydrogen-bond acceptors (Lipinski definition) is 4. The van der Waals surface area contributed by atoms with E-state index in [0.717, 1.165) is 27.8 Å². The summed E-state index contributed by atoms with van der Waals surface area (Å²) < 4.78 is 14.3. The molecule has 1 aliphatic carbocycles. The van der Waals surface area contributed by atoms with Crippen LogP contribution >= 0.6 is 0 Å². The molecule has 2 N–H and O–H groups in total. The SMILES string of the molecule is [2H]C(OC(=O)C1(C(=O)O)NCCc2ccccc21)C1c2ccccc2-c2ccccc21. The van der Waals surface area contributed by atoms with Crippen LogP contribution in [0.2, 0.25) is 0 Å². The van der Waals surface area contributed by atoms with Gasteiger partial charge in [-0.1, -0.05) is 72.8 Å². The Kier molecular flexibility index (Phi) is 4.13. The maximum atomic E-state index is 13.3. The van der Waals surface area contributed by atoms with Gasteiger partial charge in [-0.15, -0.1) is 0 Å². The van der Waals surface area contributed by atoms with Gasteiger partial charge in [0.1, 0.15) is 6.58 Å². The first-order valence-electron chi connectivity index (χ1n) is 10.5. The largest absolute Gasteiger partial charge is 0.479 e. The van der Waals surface area contributed by atoms with E-state index in [4.69, 9.17) is 6.11 Å². The number of rotatable bonds is 4. The number of hydrogen-bond donors (Lipinski definition) is 2. The zero-order valence-electron chi connectivity index (χ0n) is 17.2. The van der Waals surface area contributed by atoms with Crippen molar-refractivity contribution in [3.05, 3.63) is 95.1 Å². The molecule has 0 saturated carbocycles. The Balaban J connectivity index is 1.52. The number of carbonyl (C=O) groups is 2. The minimum Gasteiger partial charge on any atom is -0.479 e. The number of aliphatic carboxylic acids is 1. The fraction of sp³-hybridized carbons (Fsp3) is 0.200. The van der Waals surface area contributed by atoms with Gasteiger partial charge in [0.25, 0.3) is 0 Å². The van der Waals surface area contributed by atoms with Crippen LogP contribution in [0.4, 0.5) is 0 Å². The zero-order valence-corrected chi connectivity index (χ0v) is 16.2. The van der Waals surface area contributed by atoms with Crippen molar-refractivity contribution in [1.29, 1.82) is 0 Å². The van der Waals surface area contributed by atoms with Crippen LogP contribution in [0, 0.1) is 0 Å². The van der Waals surface area contributed by atoms with Gasteiger partial charge in [-0.05, 0) is 39.8 Å². The highest BCUT2D eigenvalue weighted by Crippen LogP contribution is 2.44. The summed E-state index contributed by atoms with van der Waals surface area (Å²) in [6.45, 7) is -0.958. The Hall–Kier alpha value is -3.44. The molecule has 3 aromatic carbocycles. The maximum absolute atomic E-state index is 13.3. The zero-order chi connectivity index (χ0) is 21.6. The highest BCUT2D eigenvalue weighted by molar-refractivity contribution is 6.05. The smallest absolute Gasteiger partial charge is 0.342 e. The Bertz CT molecular complexity index is 1150. The lowest BCUT2D eigenvalue weighted by Gasteiger charge is -2.34. The van der Waals surface area contributed by atoms with Gasteiger partial charge < -0.3 is 9.84 Å². The topological polar surface area (TPSA) is 75.6 Å². The van der Waals surface area contributed by atoms with Crippen LogP contribution in [-0.4, -0.2) is 30.2 Å². The third-order valence-corrected chi connectivity index (χ3v) is 6.03. The van der Waals surface area contributed by atoms with Crippen molar-refractivity contribution < 1.29 is 20.8 Å². The number of carbonyl (C=O) groups excluding carboxylic acids is 1. The van der Waals surface area contributed by atoms with Gasteiger partial charge in [-0.2, -0.15) is 0 Å². The third kappa shape index (κ3) is 2.66. The molecule has 2 atom stereocenters. The van der Waals surface area contributed by atoms with E-state index in [1.165, 1.54) is 0 Å². The molecular weight excluding hydrogens is 378 g/mol. The molecule has 5 nitrogen and oxygen atoms in total. The van der Waals surface area contributed by atoms with E-state index < -0.39 is 30.0 Å². The van der Waals surface area contributed by atoms with E-state index in [1.54, 1.807) is 12.1 Å². The van der Waals surface area contributed by atoms with Gasteiger partial charge >= 0.3 is 11.9 Å². The average Bonchev–Trinajstić information content (AvgIpc) is 3.13. The number of nitrogens with one attached hydrogen (secondary N) is 1. The van der Waals surface area contributed by atoms with Crippen LogP contribution in [0.15, 0.2) is 72.8 Å². The predicted molar refractivity (Wildman–Crippen MR) is 112 cm³/mol. The van der Waals surface area contributed by atoms with Crippen molar-refractivity contribution in [3.63, 3.8) is 0 Å². The molecule has 0 saturated heterocycles. The van der Waals surface area contributed by atoms with Crippen molar-refractivity contribution in [2.45, 2.75) is 17.9 Å². The van der Waals surface area contributed by atoms with E-state index in [0.29, 0.717) is 18.5 Å². The van der Waals surface area contributed by atoms with E-state index in [2.05, 4.69) is 5.32 Å². The molecular formula is C25H21NO4. The molecule has 1 aliphatic heterocycles. The fourth-order valence-corrected chi connectivity index (χ4v) is 4.60. The minimum atomic E-state index is -2.02. The molecule has 30 heavy (non-hydrogen) atoms. The molecule has 0 spiro atoms. The fourth-order valence-electron chi connectivity index (χ4n) is 4.60. The molecule has 3 aromatic rings. The number of carboxylic acids is 1. The highest BCUT2D eigenvalue weighted by Gasteiger charge is 2.52.